The molecule has 0 atom stereocenters. The highest BCUT2D eigenvalue weighted by Crippen LogP contribution is 2.34. The van der Waals surface area contributed by atoms with Gasteiger partial charge in [0.05, 0.1) is 0 Å². The van der Waals surface area contributed by atoms with E-state index < -0.39 is 5.92 Å². The zero-order valence-corrected chi connectivity index (χ0v) is 7.06. The molecule has 0 fully saturated rings. The molecule has 0 radical (unpaired) electrons. The predicted octanol–water partition coefficient (Wildman–Crippen LogP) is 2.52. The summed E-state index contributed by atoms with van der Waals surface area (Å²) in [5, 5.41) is 9.13. The van der Waals surface area contributed by atoms with Gasteiger partial charge < -0.3 is 5.11 Å². The van der Waals surface area contributed by atoms with Crippen LogP contribution in [0.2, 0.25) is 0 Å². The maximum atomic E-state index is 12.9. The Labute approximate surface area is 75.0 Å². The molecule has 1 aliphatic rings. The molecule has 0 aliphatic heterocycles. The number of hydrogen-bond donors (Lipinski definition) is 1. The Morgan fingerprint density at radius 1 is 1.23 bits per heavy atom. The summed E-state index contributed by atoms with van der Waals surface area (Å²) in [6, 6.07) is 4.61. The number of halogens is 2. The minimum atomic E-state index is -2.57. The minimum absolute atomic E-state index is 0.108. The van der Waals surface area contributed by atoms with E-state index in [1.807, 2.05) is 0 Å². The number of aryl methyl sites for hydroxylation is 1. The van der Waals surface area contributed by atoms with Crippen LogP contribution in [0.1, 0.15) is 17.5 Å². The topological polar surface area (TPSA) is 20.2 Å². The monoisotopic (exact) mass is 184 g/mol. The average Bonchev–Trinajstić information content (AvgIpc) is 2.05. The van der Waals surface area contributed by atoms with E-state index in [-0.39, 0.29) is 18.6 Å². The average molecular weight is 184 g/mol. The summed E-state index contributed by atoms with van der Waals surface area (Å²) in [6.07, 6.45) is 0.0583. The van der Waals surface area contributed by atoms with Gasteiger partial charge in [-0.25, -0.2) is 8.78 Å². The molecule has 0 unspecified atom stereocenters. The summed E-state index contributed by atoms with van der Waals surface area (Å²) >= 11 is 0. The molecule has 70 valence electrons. The summed E-state index contributed by atoms with van der Waals surface area (Å²) < 4.78 is 25.8. The van der Waals surface area contributed by atoms with Gasteiger partial charge in [-0.05, 0) is 29.7 Å². The fourth-order valence-corrected chi connectivity index (χ4v) is 1.70. The Balaban J connectivity index is 2.37. The molecular weight excluding hydrogens is 174 g/mol. The van der Waals surface area contributed by atoms with Crippen molar-refractivity contribution in [1.82, 2.24) is 0 Å². The molecule has 1 N–H and O–H groups in total. The van der Waals surface area contributed by atoms with Crippen molar-refractivity contribution in [2.75, 3.05) is 0 Å². The van der Waals surface area contributed by atoms with E-state index >= 15 is 0 Å². The van der Waals surface area contributed by atoms with Crippen molar-refractivity contribution in [2.45, 2.75) is 25.2 Å². The number of fused-ring (bicyclic) bond motifs is 1. The van der Waals surface area contributed by atoms with E-state index in [1.165, 1.54) is 6.07 Å². The first kappa shape index (κ1) is 8.48. The van der Waals surface area contributed by atoms with Crippen LogP contribution in [-0.4, -0.2) is 11.0 Å². The maximum Gasteiger partial charge on any atom is 0.252 e. The van der Waals surface area contributed by atoms with Crippen molar-refractivity contribution in [3.8, 4) is 5.75 Å². The molecule has 0 aromatic heterocycles. The van der Waals surface area contributed by atoms with Gasteiger partial charge >= 0.3 is 0 Å². The SMILES string of the molecule is Oc1ccc2c(c1)CCC(F)(F)C2. The third kappa shape index (κ3) is 1.64. The Kier molecular flexibility index (Phi) is 1.75. The minimum Gasteiger partial charge on any atom is -0.508 e. The second-order valence-electron chi connectivity index (χ2n) is 3.49. The van der Waals surface area contributed by atoms with Crippen LogP contribution in [-0.2, 0) is 12.8 Å². The summed E-state index contributed by atoms with van der Waals surface area (Å²) in [6.45, 7) is 0. The molecule has 1 aromatic carbocycles. The maximum absolute atomic E-state index is 12.9. The standard InChI is InChI=1S/C10H10F2O/c11-10(12)4-3-7-5-9(13)2-1-8(7)6-10/h1-2,5,13H,3-4,6H2. The number of alkyl halides is 2. The van der Waals surface area contributed by atoms with Crippen LogP contribution in [0.4, 0.5) is 8.78 Å². The van der Waals surface area contributed by atoms with Crippen molar-refractivity contribution in [1.29, 1.82) is 0 Å². The molecule has 0 heterocycles. The highest BCUT2D eigenvalue weighted by molar-refractivity contribution is 5.37. The molecule has 1 aromatic rings. The van der Waals surface area contributed by atoms with Crippen molar-refractivity contribution in [2.24, 2.45) is 0 Å². The van der Waals surface area contributed by atoms with Gasteiger partial charge in [0.25, 0.3) is 5.92 Å². The van der Waals surface area contributed by atoms with Crippen LogP contribution in [0, 0.1) is 0 Å². The van der Waals surface area contributed by atoms with Crippen molar-refractivity contribution in [3.63, 3.8) is 0 Å². The van der Waals surface area contributed by atoms with Crippen LogP contribution in [0.5, 0.6) is 5.75 Å². The first-order valence-electron chi connectivity index (χ1n) is 4.25. The van der Waals surface area contributed by atoms with Crippen molar-refractivity contribution in [3.05, 3.63) is 29.3 Å². The summed E-state index contributed by atoms with van der Waals surface area (Å²) in [7, 11) is 0. The second-order valence-corrected chi connectivity index (χ2v) is 3.49. The van der Waals surface area contributed by atoms with E-state index in [2.05, 4.69) is 0 Å². The quantitative estimate of drug-likeness (QED) is 0.656. The molecular formula is C10H10F2O. The summed E-state index contributed by atoms with van der Waals surface area (Å²) in [5.74, 6) is -2.41. The normalized spacial score (nSPS) is 19.5. The Hall–Kier alpha value is -1.12. The number of phenols is 1. The lowest BCUT2D eigenvalue weighted by Crippen LogP contribution is -2.25. The molecule has 13 heavy (non-hydrogen) atoms. The number of aromatic hydroxyl groups is 1. The van der Waals surface area contributed by atoms with Gasteiger partial charge in [0.1, 0.15) is 5.75 Å². The van der Waals surface area contributed by atoms with E-state index in [0.29, 0.717) is 12.0 Å². The smallest absolute Gasteiger partial charge is 0.252 e. The lowest BCUT2D eigenvalue weighted by atomic mass is 9.89. The van der Waals surface area contributed by atoms with Gasteiger partial charge in [-0.15, -0.1) is 0 Å². The molecule has 3 heteroatoms. The van der Waals surface area contributed by atoms with Crippen molar-refractivity contribution >= 4 is 0 Å². The van der Waals surface area contributed by atoms with Crippen LogP contribution in [0.3, 0.4) is 0 Å². The lowest BCUT2D eigenvalue weighted by molar-refractivity contribution is -0.0122. The zero-order chi connectivity index (χ0) is 9.47. The predicted molar refractivity (Wildman–Crippen MR) is 45.1 cm³/mol. The highest BCUT2D eigenvalue weighted by atomic mass is 19.3. The van der Waals surface area contributed by atoms with Crippen molar-refractivity contribution < 1.29 is 13.9 Å². The Morgan fingerprint density at radius 2 is 2.00 bits per heavy atom. The van der Waals surface area contributed by atoms with E-state index in [9.17, 15) is 8.78 Å². The molecule has 0 saturated heterocycles. The third-order valence-corrected chi connectivity index (χ3v) is 2.40. The first-order chi connectivity index (χ1) is 6.07. The Bertz CT molecular complexity index is 334. The summed E-state index contributed by atoms with van der Waals surface area (Å²) in [4.78, 5) is 0. The van der Waals surface area contributed by atoms with Crippen LogP contribution < -0.4 is 0 Å². The molecule has 0 bridgehead atoms. The van der Waals surface area contributed by atoms with Gasteiger partial charge in [0, 0.05) is 12.8 Å². The first-order valence-corrected chi connectivity index (χ1v) is 4.25. The number of hydrogen-bond acceptors (Lipinski definition) is 1. The van der Waals surface area contributed by atoms with Gasteiger partial charge in [-0.3, -0.25) is 0 Å². The number of phenolic OH excluding ortho intramolecular Hbond substituents is 1. The molecule has 1 nitrogen and oxygen atoms in total. The Morgan fingerprint density at radius 3 is 2.77 bits per heavy atom. The highest BCUT2D eigenvalue weighted by Gasteiger charge is 2.33. The molecule has 1 aliphatic carbocycles. The molecule has 0 saturated carbocycles. The van der Waals surface area contributed by atoms with Crippen LogP contribution >= 0.6 is 0 Å². The lowest BCUT2D eigenvalue weighted by Gasteiger charge is -2.24. The van der Waals surface area contributed by atoms with E-state index in [1.54, 1.807) is 12.1 Å². The number of benzene rings is 1. The van der Waals surface area contributed by atoms with E-state index in [4.69, 9.17) is 5.11 Å². The van der Waals surface area contributed by atoms with E-state index in [0.717, 1.165) is 5.56 Å². The van der Waals surface area contributed by atoms with Crippen LogP contribution in [0.25, 0.3) is 0 Å². The molecule has 0 spiro atoms. The fourth-order valence-electron chi connectivity index (χ4n) is 1.70. The van der Waals surface area contributed by atoms with Gasteiger partial charge in [0.2, 0.25) is 0 Å². The second kappa shape index (κ2) is 2.69. The summed E-state index contributed by atoms with van der Waals surface area (Å²) in [5.41, 5.74) is 1.51. The van der Waals surface area contributed by atoms with Gasteiger partial charge in [0.15, 0.2) is 0 Å². The number of rotatable bonds is 0. The zero-order valence-electron chi connectivity index (χ0n) is 7.06. The largest absolute Gasteiger partial charge is 0.508 e. The van der Waals surface area contributed by atoms with Gasteiger partial charge in [-0.2, -0.15) is 0 Å². The van der Waals surface area contributed by atoms with Crippen LogP contribution in [0.15, 0.2) is 18.2 Å². The molecule has 2 rings (SSSR count). The molecule has 0 amide bonds. The fraction of sp³-hybridized carbons (Fsp3) is 0.400. The third-order valence-electron chi connectivity index (χ3n) is 2.40. The van der Waals surface area contributed by atoms with Gasteiger partial charge in [-0.1, -0.05) is 6.07 Å².